The Morgan fingerprint density at radius 1 is 1.36 bits per heavy atom. The Morgan fingerprint density at radius 2 is 2.09 bits per heavy atom. The maximum absolute atomic E-state index is 2.44. The molecule has 0 saturated heterocycles. The molecule has 0 nitrogen and oxygen atoms in total. The van der Waals surface area contributed by atoms with Crippen LogP contribution in [-0.2, 0) is 0 Å². The van der Waals surface area contributed by atoms with Crippen LogP contribution in [0.1, 0.15) is 38.5 Å². The van der Waals surface area contributed by atoms with Crippen molar-refractivity contribution in [3.8, 4) is 0 Å². The molecule has 0 aromatic carbocycles. The summed E-state index contributed by atoms with van der Waals surface area (Å²) in [5, 5.41) is 0. The molecule has 0 spiro atoms. The quantitative estimate of drug-likeness (QED) is 0.562. The average molecular weight is 148 g/mol. The third-order valence-corrected chi connectivity index (χ3v) is 2.87. The molecule has 60 valence electrons. The Balaban J connectivity index is 1.76. The summed E-state index contributed by atoms with van der Waals surface area (Å²) in [5.41, 5.74) is 1.57. The first-order valence-corrected chi connectivity index (χ1v) is 4.81. The molecule has 11 heavy (non-hydrogen) atoms. The summed E-state index contributed by atoms with van der Waals surface area (Å²) >= 11 is 0. The molecular weight excluding hydrogens is 132 g/mol. The van der Waals surface area contributed by atoms with Gasteiger partial charge in [-0.3, -0.25) is 0 Å². The van der Waals surface area contributed by atoms with Crippen LogP contribution in [0.3, 0.4) is 0 Å². The van der Waals surface area contributed by atoms with Crippen molar-refractivity contribution >= 4 is 0 Å². The molecule has 0 heteroatoms. The monoisotopic (exact) mass is 148 g/mol. The lowest BCUT2D eigenvalue weighted by atomic mass is 9.97. The van der Waals surface area contributed by atoms with Gasteiger partial charge in [0, 0.05) is 0 Å². The largest absolute Gasteiger partial charge is 0.0807 e. The Hall–Kier alpha value is -0.520. The highest BCUT2D eigenvalue weighted by Gasteiger charge is 2.13. The normalized spacial score (nSPS) is 27.8. The number of hydrogen-bond acceptors (Lipinski definition) is 0. The van der Waals surface area contributed by atoms with Gasteiger partial charge in [0.1, 0.15) is 0 Å². The van der Waals surface area contributed by atoms with E-state index in [-0.39, 0.29) is 0 Å². The van der Waals surface area contributed by atoms with Gasteiger partial charge in [0.25, 0.3) is 0 Å². The van der Waals surface area contributed by atoms with Crippen LogP contribution in [0.25, 0.3) is 0 Å². The van der Waals surface area contributed by atoms with Crippen LogP contribution in [0, 0.1) is 5.92 Å². The van der Waals surface area contributed by atoms with Gasteiger partial charge in [-0.2, -0.15) is 0 Å². The molecule has 0 radical (unpaired) electrons. The van der Waals surface area contributed by atoms with Crippen molar-refractivity contribution in [1.82, 2.24) is 0 Å². The summed E-state index contributed by atoms with van der Waals surface area (Å²) in [6, 6.07) is 0. The van der Waals surface area contributed by atoms with E-state index in [2.05, 4.69) is 18.2 Å². The topological polar surface area (TPSA) is 0 Å². The van der Waals surface area contributed by atoms with Gasteiger partial charge in [-0.1, -0.05) is 43.9 Å². The van der Waals surface area contributed by atoms with E-state index in [1.807, 2.05) is 0 Å². The maximum atomic E-state index is 2.44. The molecule has 1 saturated carbocycles. The molecule has 0 amide bonds. The second-order valence-electron chi connectivity index (χ2n) is 3.77. The van der Waals surface area contributed by atoms with Crippen LogP contribution in [0.2, 0.25) is 0 Å². The van der Waals surface area contributed by atoms with Crippen LogP contribution in [0.4, 0.5) is 0 Å². The molecule has 0 N–H and O–H groups in total. The number of rotatable bonds is 2. The fourth-order valence-electron chi connectivity index (χ4n) is 1.97. The summed E-state index contributed by atoms with van der Waals surface area (Å²) in [5.74, 6) is 1.02. The van der Waals surface area contributed by atoms with E-state index >= 15 is 0 Å². The van der Waals surface area contributed by atoms with E-state index < -0.39 is 0 Å². The van der Waals surface area contributed by atoms with Gasteiger partial charge in [-0.25, -0.2) is 0 Å². The molecule has 0 aromatic rings. The first-order valence-electron chi connectivity index (χ1n) is 4.81. The van der Waals surface area contributed by atoms with E-state index in [4.69, 9.17) is 0 Å². The third-order valence-electron chi connectivity index (χ3n) is 2.87. The van der Waals surface area contributed by atoms with Crippen molar-refractivity contribution in [2.45, 2.75) is 38.5 Å². The van der Waals surface area contributed by atoms with Crippen molar-refractivity contribution in [1.29, 1.82) is 0 Å². The third kappa shape index (κ3) is 1.74. The first-order chi connectivity index (χ1) is 5.45. The van der Waals surface area contributed by atoms with Gasteiger partial charge in [0.15, 0.2) is 0 Å². The van der Waals surface area contributed by atoms with Crippen molar-refractivity contribution in [3.05, 3.63) is 23.8 Å². The number of allylic oxidation sites excluding steroid dienone is 4. The van der Waals surface area contributed by atoms with Gasteiger partial charge in [0.2, 0.25) is 0 Å². The molecule has 0 atom stereocenters. The highest BCUT2D eigenvalue weighted by molar-refractivity contribution is 5.30. The van der Waals surface area contributed by atoms with Crippen LogP contribution in [0.15, 0.2) is 23.8 Å². The Morgan fingerprint density at radius 3 is 2.64 bits per heavy atom. The van der Waals surface area contributed by atoms with Crippen LogP contribution < -0.4 is 0 Å². The fraction of sp³-hybridized carbons (Fsp3) is 0.636. The lowest BCUT2D eigenvalue weighted by molar-refractivity contribution is 0.556. The predicted octanol–water partition coefficient (Wildman–Crippen LogP) is 3.45. The molecular formula is C11H16. The zero-order chi connectivity index (χ0) is 7.52. The minimum atomic E-state index is 1.02. The molecule has 1 fully saturated rings. The second kappa shape index (κ2) is 3.25. The van der Waals surface area contributed by atoms with E-state index in [9.17, 15) is 0 Å². The molecule has 0 heterocycles. The van der Waals surface area contributed by atoms with E-state index in [0.717, 1.165) is 5.92 Å². The predicted molar refractivity (Wildman–Crippen MR) is 48.4 cm³/mol. The van der Waals surface area contributed by atoms with E-state index in [0.29, 0.717) is 0 Å². The molecule has 2 aliphatic carbocycles. The lowest BCUT2D eigenvalue weighted by Crippen LogP contribution is -1.92. The van der Waals surface area contributed by atoms with Crippen LogP contribution >= 0.6 is 0 Å². The minimum absolute atomic E-state index is 1.02. The molecule has 0 unspecified atom stereocenters. The van der Waals surface area contributed by atoms with Gasteiger partial charge >= 0.3 is 0 Å². The summed E-state index contributed by atoms with van der Waals surface area (Å²) in [6.45, 7) is 0. The van der Waals surface area contributed by atoms with Gasteiger partial charge in [-0.15, -0.1) is 0 Å². The molecule has 0 bridgehead atoms. The molecule has 2 aliphatic rings. The highest BCUT2D eigenvalue weighted by atomic mass is 14.2. The maximum Gasteiger partial charge on any atom is -0.00975 e. The fourth-order valence-corrected chi connectivity index (χ4v) is 1.97. The highest BCUT2D eigenvalue weighted by Crippen LogP contribution is 2.29. The van der Waals surface area contributed by atoms with Crippen molar-refractivity contribution in [3.63, 3.8) is 0 Å². The summed E-state index contributed by atoms with van der Waals surface area (Å²) in [4.78, 5) is 0. The zero-order valence-corrected chi connectivity index (χ0v) is 7.05. The van der Waals surface area contributed by atoms with Crippen LogP contribution in [0.5, 0.6) is 0 Å². The first kappa shape index (κ1) is 7.15. The van der Waals surface area contributed by atoms with Gasteiger partial charge in [-0.05, 0) is 24.3 Å². The average Bonchev–Trinajstić information content (AvgIpc) is 2.36. The standard InChI is InChI=1S/C11H16/c1-2-5-10(4-1)8-9-11-6-3-7-11/h3,6,9-10H,1-2,4-5,7-8H2/b11-9-. The SMILES string of the molecule is C1=C/C(=C/CC2CCCC2)C1. The van der Waals surface area contributed by atoms with E-state index in [1.54, 1.807) is 5.57 Å². The Labute approximate surface area is 69.0 Å². The van der Waals surface area contributed by atoms with Crippen molar-refractivity contribution in [2.24, 2.45) is 5.92 Å². The van der Waals surface area contributed by atoms with Gasteiger partial charge in [0.05, 0.1) is 0 Å². The van der Waals surface area contributed by atoms with Gasteiger partial charge < -0.3 is 0 Å². The Bertz CT molecular complexity index is 180. The van der Waals surface area contributed by atoms with Crippen molar-refractivity contribution < 1.29 is 0 Å². The van der Waals surface area contributed by atoms with E-state index in [1.165, 1.54) is 38.5 Å². The summed E-state index contributed by atoms with van der Waals surface area (Å²) < 4.78 is 0. The van der Waals surface area contributed by atoms with Crippen molar-refractivity contribution in [2.75, 3.05) is 0 Å². The smallest absolute Gasteiger partial charge is 0.00975 e. The second-order valence-corrected chi connectivity index (χ2v) is 3.77. The summed E-state index contributed by atoms with van der Waals surface area (Å²) in [7, 11) is 0. The minimum Gasteiger partial charge on any atom is -0.0807 e. The molecule has 0 aromatic heterocycles. The summed E-state index contributed by atoms with van der Waals surface area (Å²) in [6.07, 6.45) is 15.4. The Kier molecular flexibility index (Phi) is 2.11. The lowest BCUT2D eigenvalue weighted by Gasteiger charge is -2.09. The molecule has 2 rings (SSSR count). The molecule has 0 aliphatic heterocycles. The zero-order valence-electron chi connectivity index (χ0n) is 7.05. The van der Waals surface area contributed by atoms with Crippen LogP contribution in [-0.4, -0.2) is 0 Å². The number of hydrogen-bond donors (Lipinski definition) is 0.